The predicted octanol–water partition coefficient (Wildman–Crippen LogP) is 2.57. The Kier molecular flexibility index (Phi) is 6.09. The van der Waals surface area contributed by atoms with Crippen molar-refractivity contribution in [3.8, 4) is 5.75 Å². The quantitative estimate of drug-likeness (QED) is 0.812. The highest BCUT2D eigenvalue weighted by molar-refractivity contribution is 5.31. The first-order valence-electron chi connectivity index (χ1n) is 6.45. The molecule has 4 heteroatoms. The Hall–Kier alpha value is -1.13. The van der Waals surface area contributed by atoms with Crippen LogP contribution in [0, 0.1) is 5.82 Å². The third kappa shape index (κ3) is 3.43. The second-order valence-corrected chi connectivity index (χ2v) is 4.27. The lowest BCUT2D eigenvalue weighted by atomic mass is 10.0. The summed E-state index contributed by atoms with van der Waals surface area (Å²) in [5.41, 5.74) is 6.75. The average molecular weight is 254 g/mol. The summed E-state index contributed by atoms with van der Waals surface area (Å²) in [7, 11) is 1.47. The zero-order chi connectivity index (χ0) is 13.5. The monoisotopic (exact) mass is 254 g/mol. The maximum atomic E-state index is 13.7. The van der Waals surface area contributed by atoms with Crippen LogP contribution in [-0.2, 0) is 0 Å². The molecule has 0 heterocycles. The highest BCUT2D eigenvalue weighted by Crippen LogP contribution is 2.25. The normalized spacial score (nSPS) is 12.8. The largest absolute Gasteiger partial charge is 0.494 e. The van der Waals surface area contributed by atoms with Gasteiger partial charge in [-0.2, -0.15) is 0 Å². The number of nitrogens with zero attached hydrogens (tertiary/aromatic N) is 1. The topological polar surface area (TPSA) is 38.5 Å². The molecule has 2 N–H and O–H groups in total. The minimum absolute atomic E-state index is 0.0651. The third-order valence-electron chi connectivity index (χ3n) is 3.14. The Morgan fingerprint density at radius 2 is 2.11 bits per heavy atom. The molecular weight excluding hydrogens is 231 g/mol. The molecule has 1 unspecified atom stereocenters. The van der Waals surface area contributed by atoms with E-state index in [0.717, 1.165) is 25.1 Å². The van der Waals surface area contributed by atoms with E-state index in [-0.39, 0.29) is 17.6 Å². The van der Waals surface area contributed by atoms with Crippen LogP contribution >= 0.6 is 0 Å². The first kappa shape index (κ1) is 14.9. The molecule has 1 atom stereocenters. The van der Waals surface area contributed by atoms with Gasteiger partial charge in [-0.3, -0.25) is 4.90 Å². The SMILES string of the molecule is CCCN(CC)C(CN)c1ccc(OC)c(F)c1. The van der Waals surface area contributed by atoms with E-state index in [1.807, 2.05) is 6.07 Å². The Balaban J connectivity index is 2.97. The Morgan fingerprint density at radius 3 is 2.56 bits per heavy atom. The van der Waals surface area contributed by atoms with Crippen molar-refractivity contribution < 1.29 is 9.13 Å². The van der Waals surface area contributed by atoms with Crippen LogP contribution in [0.15, 0.2) is 18.2 Å². The van der Waals surface area contributed by atoms with E-state index in [1.165, 1.54) is 13.2 Å². The Bertz CT molecular complexity index is 371. The van der Waals surface area contributed by atoms with E-state index in [2.05, 4.69) is 18.7 Å². The van der Waals surface area contributed by atoms with E-state index >= 15 is 0 Å². The molecule has 0 amide bonds. The number of benzene rings is 1. The molecule has 0 saturated carbocycles. The minimum atomic E-state index is -0.332. The summed E-state index contributed by atoms with van der Waals surface area (Å²) < 4.78 is 18.6. The first-order chi connectivity index (χ1) is 8.67. The summed E-state index contributed by atoms with van der Waals surface area (Å²) in [6.07, 6.45) is 1.06. The molecule has 0 fully saturated rings. The van der Waals surface area contributed by atoms with Gasteiger partial charge in [0.1, 0.15) is 0 Å². The fourth-order valence-corrected chi connectivity index (χ4v) is 2.21. The Labute approximate surface area is 109 Å². The van der Waals surface area contributed by atoms with E-state index in [0.29, 0.717) is 6.54 Å². The molecule has 0 saturated heterocycles. The van der Waals surface area contributed by atoms with Gasteiger partial charge in [-0.15, -0.1) is 0 Å². The Morgan fingerprint density at radius 1 is 1.39 bits per heavy atom. The van der Waals surface area contributed by atoms with Crippen molar-refractivity contribution in [2.75, 3.05) is 26.7 Å². The zero-order valence-corrected chi connectivity index (χ0v) is 11.4. The lowest BCUT2D eigenvalue weighted by Crippen LogP contribution is -2.34. The summed E-state index contributed by atoms with van der Waals surface area (Å²) >= 11 is 0. The molecule has 1 aromatic carbocycles. The minimum Gasteiger partial charge on any atom is -0.494 e. The van der Waals surface area contributed by atoms with Gasteiger partial charge >= 0.3 is 0 Å². The second-order valence-electron chi connectivity index (χ2n) is 4.27. The van der Waals surface area contributed by atoms with E-state index in [4.69, 9.17) is 10.5 Å². The molecule has 0 spiro atoms. The molecule has 18 heavy (non-hydrogen) atoms. The van der Waals surface area contributed by atoms with Crippen molar-refractivity contribution in [1.29, 1.82) is 0 Å². The summed E-state index contributed by atoms with van der Waals surface area (Å²) in [5, 5.41) is 0. The van der Waals surface area contributed by atoms with Crippen molar-refractivity contribution in [3.05, 3.63) is 29.6 Å². The van der Waals surface area contributed by atoms with Crippen LogP contribution in [-0.4, -0.2) is 31.6 Å². The van der Waals surface area contributed by atoms with Crippen LogP contribution in [0.25, 0.3) is 0 Å². The molecule has 102 valence electrons. The molecule has 0 bridgehead atoms. The fourth-order valence-electron chi connectivity index (χ4n) is 2.21. The van der Waals surface area contributed by atoms with E-state index < -0.39 is 0 Å². The van der Waals surface area contributed by atoms with Gasteiger partial charge in [0.2, 0.25) is 0 Å². The first-order valence-corrected chi connectivity index (χ1v) is 6.45. The molecule has 1 aromatic rings. The third-order valence-corrected chi connectivity index (χ3v) is 3.14. The van der Waals surface area contributed by atoms with Gasteiger partial charge < -0.3 is 10.5 Å². The summed E-state index contributed by atoms with van der Waals surface area (Å²) in [6, 6.07) is 5.13. The lowest BCUT2D eigenvalue weighted by Gasteiger charge is -2.30. The molecule has 1 rings (SSSR count). The maximum absolute atomic E-state index is 13.7. The molecular formula is C14H23FN2O. The number of halogens is 1. The second kappa shape index (κ2) is 7.34. The van der Waals surface area contributed by atoms with Gasteiger partial charge in [0.15, 0.2) is 11.6 Å². The number of nitrogens with two attached hydrogens (primary N) is 1. The standard InChI is InChI=1S/C14H23FN2O/c1-4-8-17(5-2)13(10-16)11-6-7-14(18-3)12(15)9-11/h6-7,9,13H,4-5,8,10,16H2,1-3H3. The van der Waals surface area contributed by atoms with Crippen LogP contribution in [0.2, 0.25) is 0 Å². The van der Waals surface area contributed by atoms with Gasteiger partial charge in [-0.1, -0.05) is 19.9 Å². The van der Waals surface area contributed by atoms with E-state index in [9.17, 15) is 4.39 Å². The molecule has 0 aliphatic rings. The smallest absolute Gasteiger partial charge is 0.165 e. The lowest BCUT2D eigenvalue weighted by molar-refractivity contribution is 0.212. The number of likely N-dealkylation sites (N-methyl/N-ethyl adjacent to an activating group) is 1. The molecule has 0 aromatic heterocycles. The summed E-state index contributed by atoms with van der Waals surface area (Å²) in [6.45, 7) is 6.58. The zero-order valence-electron chi connectivity index (χ0n) is 11.4. The number of rotatable bonds is 7. The van der Waals surface area contributed by atoms with Crippen molar-refractivity contribution in [2.45, 2.75) is 26.3 Å². The summed E-state index contributed by atoms with van der Waals surface area (Å²) in [5.74, 6) is -0.0611. The van der Waals surface area contributed by atoms with Gasteiger partial charge in [-0.05, 0) is 37.2 Å². The number of methoxy groups -OCH3 is 1. The van der Waals surface area contributed by atoms with Crippen LogP contribution in [0.1, 0.15) is 31.9 Å². The van der Waals surface area contributed by atoms with Gasteiger partial charge in [0, 0.05) is 12.6 Å². The maximum Gasteiger partial charge on any atom is 0.165 e. The van der Waals surface area contributed by atoms with Gasteiger partial charge in [-0.25, -0.2) is 4.39 Å². The van der Waals surface area contributed by atoms with Crippen molar-refractivity contribution >= 4 is 0 Å². The van der Waals surface area contributed by atoms with Crippen molar-refractivity contribution in [1.82, 2.24) is 4.90 Å². The highest BCUT2D eigenvalue weighted by atomic mass is 19.1. The summed E-state index contributed by atoms with van der Waals surface area (Å²) in [4.78, 5) is 2.27. The number of hydrogen-bond donors (Lipinski definition) is 1. The van der Waals surface area contributed by atoms with Crippen molar-refractivity contribution in [2.24, 2.45) is 5.73 Å². The highest BCUT2D eigenvalue weighted by Gasteiger charge is 2.18. The predicted molar refractivity (Wildman–Crippen MR) is 72.3 cm³/mol. The number of ether oxygens (including phenoxy) is 1. The van der Waals surface area contributed by atoms with E-state index in [1.54, 1.807) is 6.07 Å². The molecule has 0 aliphatic heterocycles. The van der Waals surface area contributed by atoms with Crippen LogP contribution < -0.4 is 10.5 Å². The molecule has 0 radical (unpaired) electrons. The van der Waals surface area contributed by atoms with Gasteiger partial charge in [0.05, 0.1) is 7.11 Å². The van der Waals surface area contributed by atoms with Crippen molar-refractivity contribution in [3.63, 3.8) is 0 Å². The number of hydrogen-bond acceptors (Lipinski definition) is 3. The van der Waals surface area contributed by atoms with Crippen LogP contribution in [0.5, 0.6) is 5.75 Å². The average Bonchev–Trinajstić information content (AvgIpc) is 2.38. The van der Waals surface area contributed by atoms with Gasteiger partial charge in [0.25, 0.3) is 0 Å². The molecule has 0 aliphatic carbocycles. The van der Waals surface area contributed by atoms with Crippen LogP contribution in [0.3, 0.4) is 0 Å². The fraction of sp³-hybridized carbons (Fsp3) is 0.571. The molecule has 3 nitrogen and oxygen atoms in total. The van der Waals surface area contributed by atoms with Crippen LogP contribution in [0.4, 0.5) is 4.39 Å².